The number of aromatic nitrogens is 3. The molecule has 1 aliphatic carbocycles. The van der Waals surface area contributed by atoms with Crippen LogP contribution in [0.5, 0.6) is 0 Å². The molecule has 3 aromatic rings. The van der Waals surface area contributed by atoms with E-state index in [2.05, 4.69) is 10.3 Å². The van der Waals surface area contributed by atoms with Gasteiger partial charge in [0.05, 0.1) is 24.2 Å². The summed E-state index contributed by atoms with van der Waals surface area (Å²) in [6, 6.07) is 8.28. The van der Waals surface area contributed by atoms with Crippen molar-refractivity contribution in [2.75, 3.05) is 5.32 Å². The average molecular weight is 522 g/mol. The second-order valence-corrected chi connectivity index (χ2v) is 8.37. The number of alkyl halides is 6. The first-order chi connectivity index (χ1) is 17.4. The lowest BCUT2D eigenvalue weighted by molar-refractivity contribution is -0.138. The first kappa shape index (κ1) is 26.0. The minimum absolute atomic E-state index is 0.0795. The van der Waals surface area contributed by atoms with Gasteiger partial charge in [-0.25, -0.2) is 14.2 Å². The van der Waals surface area contributed by atoms with Crippen molar-refractivity contribution in [3.05, 3.63) is 110 Å². The number of rotatable bonds is 6. The molecule has 1 N–H and O–H groups in total. The van der Waals surface area contributed by atoms with Gasteiger partial charge in [0, 0.05) is 5.69 Å². The van der Waals surface area contributed by atoms with Crippen molar-refractivity contribution in [1.29, 1.82) is 0 Å². The Labute approximate surface area is 206 Å². The van der Waals surface area contributed by atoms with E-state index in [1.807, 2.05) is 6.08 Å². The number of nitrogens with zero attached hydrogens (tertiary/aromatic N) is 3. The molecule has 0 saturated heterocycles. The lowest BCUT2D eigenvalue weighted by Gasteiger charge is -2.18. The van der Waals surface area contributed by atoms with Gasteiger partial charge in [-0.05, 0) is 54.3 Å². The highest BCUT2D eigenvalue weighted by atomic mass is 19.4. The molecule has 0 unspecified atom stereocenters. The highest BCUT2D eigenvalue weighted by Gasteiger charge is 2.31. The Kier molecular flexibility index (Phi) is 7.10. The van der Waals surface area contributed by atoms with Gasteiger partial charge in [0.15, 0.2) is 0 Å². The maximum absolute atomic E-state index is 13.4. The summed E-state index contributed by atoms with van der Waals surface area (Å²) in [6.45, 7) is -0.502. The SMILES string of the molecule is O=c1nc(Nc2cccc(C(F)(F)F)c2)n(Cc2cccc(C(F)(F)F)c2)c(=O)n1CC1=CC=CCC1. The quantitative estimate of drug-likeness (QED) is 0.434. The number of allylic oxidation sites excluding steroid dienone is 4. The van der Waals surface area contributed by atoms with Crippen molar-refractivity contribution >= 4 is 11.6 Å². The van der Waals surface area contributed by atoms with Gasteiger partial charge in [0.1, 0.15) is 0 Å². The van der Waals surface area contributed by atoms with Gasteiger partial charge in [-0.1, -0.05) is 36.4 Å². The molecule has 194 valence electrons. The Morgan fingerprint density at radius 1 is 0.865 bits per heavy atom. The van der Waals surface area contributed by atoms with Crippen molar-refractivity contribution in [2.45, 2.75) is 38.3 Å². The fourth-order valence-corrected chi connectivity index (χ4v) is 3.82. The predicted octanol–water partition coefficient (Wildman–Crippen LogP) is 5.51. The molecule has 6 nitrogen and oxygen atoms in total. The van der Waals surface area contributed by atoms with Crippen molar-refractivity contribution in [3.8, 4) is 0 Å². The molecule has 0 fully saturated rings. The van der Waals surface area contributed by atoms with Crippen LogP contribution in [0, 0.1) is 0 Å². The molecule has 12 heteroatoms. The van der Waals surface area contributed by atoms with Crippen LogP contribution in [-0.2, 0) is 25.4 Å². The van der Waals surface area contributed by atoms with E-state index in [1.165, 1.54) is 18.2 Å². The second-order valence-electron chi connectivity index (χ2n) is 8.37. The summed E-state index contributed by atoms with van der Waals surface area (Å²) in [6.07, 6.45) is -2.52. The van der Waals surface area contributed by atoms with Crippen LogP contribution >= 0.6 is 0 Å². The molecule has 0 spiro atoms. The van der Waals surface area contributed by atoms with E-state index < -0.39 is 47.4 Å². The van der Waals surface area contributed by atoms with Gasteiger partial charge < -0.3 is 5.32 Å². The Morgan fingerprint density at radius 2 is 1.54 bits per heavy atom. The van der Waals surface area contributed by atoms with Crippen LogP contribution in [0.25, 0.3) is 0 Å². The molecule has 1 aliphatic rings. The molecule has 0 amide bonds. The zero-order chi connectivity index (χ0) is 26.8. The van der Waals surface area contributed by atoms with Crippen LogP contribution in [0.4, 0.5) is 38.0 Å². The highest BCUT2D eigenvalue weighted by Crippen LogP contribution is 2.32. The van der Waals surface area contributed by atoms with Gasteiger partial charge in [-0.3, -0.25) is 4.57 Å². The summed E-state index contributed by atoms with van der Waals surface area (Å²) >= 11 is 0. The molecule has 0 atom stereocenters. The third-order valence-electron chi connectivity index (χ3n) is 5.65. The highest BCUT2D eigenvalue weighted by molar-refractivity contribution is 5.55. The van der Waals surface area contributed by atoms with Crippen LogP contribution < -0.4 is 16.7 Å². The van der Waals surface area contributed by atoms with E-state index in [9.17, 15) is 35.9 Å². The van der Waals surface area contributed by atoms with Crippen LogP contribution in [0.3, 0.4) is 0 Å². The normalized spacial score (nSPS) is 13.9. The molecule has 1 aromatic heterocycles. The standard InChI is InChI=1S/C25H20F6N4O2/c26-24(27,28)18-9-4-8-17(12-18)15-34-21(32-20-11-5-10-19(13-20)25(29,30)31)33-22(36)35(23(34)37)14-16-6-2-1-3-7-16/h1-2,4-6,8-13H,3,7,14-15H2,(H,32,33,36). The van der Waals surface area contributed by atoms with E-state index in [0.717, 1.165) is 45.0 Å². The zero-order valence-corrected chi connectivity index (χ0v) is 19.1. The van der Waals surface area contributed by atoms with Gasteiger partial charge in [-0.15, -0.1) is 0 Å². The van der Waals surface area contributed by atoms with Gasteiger partial charge in [0.2, 0.25) is 5.95 Å². The maximum atomic E-state index is 13.4. The molecule has 0 radical (unpaired) electrons. The van der Waals surface area contributed by atoms with Crippen molar-refractivity contribution in [3.63, 3.8) is 0 Å². The zero-order valence-electron chi connectivity index (χ0n) is 19.1. The largest absolute Gasteiger partial charge is 0.416 e. The molecule has 2 aromatic carbocycles. The first-order valence-electron chi connectivity index (χ1n) is 11.1. The summed E-state index contributed by atoms with van der Waals surface area (Å²) in [4.78, 5) is 30.0. The number of anilines is 2. The van der Waals surface area contributed by atoms with E-state index in [1.54, 1.807) is 12.2 Å². The van der Waals surface area contributed by atoms with Crippen LogP contribution in [-0.4, -0.2) is 14.1 Å². The van der Waals surface area contributed by atoms with Crippen LogP contribution in [0.1, 0.15) is 29.5 Å². The second kappa shape index (κ2) is 10.1. The van der Waals surface area contributed by atoms with E-state index in [0.29, 0.717) is 12.8 Å². The van der Waals surface area contributed by atoms with Gasteiger partial charge >= 0.3 is 23.7 Å². The molecule has 0 bridgehead atoms. The number of halogens is 6. The average Bonchev–Trinajstić information content (AvgIpc) is 2.84. The fourth-order valence-electron chi connectivity index (χ4n) is 3.82. The van der Waals surface area contributed by atoms with E-state index in [-0.39, 0.29) is 17.8 Å². The van der Waals surface area contributed by atoms with Gasteiger partial charge in [-0.2, -0.15) is 31.3 Å². The third kappa shape index (κ3) is 6.19. The number of hydrogen-bond acceptors (Lipinski definition) is 4. The lowest BCUT2D eigenvalue weighted by atomic mass is 10.1. The van der Waals surface area contributed by atoms with Crippen molar-refractivity contribution < 1.29 is 26.3 Å². The van der Waals surface area contributed by atoms with E-state index in [4.69, 9.17) is 0 Å². The fraction of sp³-hybridized carbons (Fsp3) is 0.240. The monoisotopic (exact) mass is 522 g/mol. The predicted molar refractivity (Wildman–Crippen MR) is 124 cm³/mol. The summed E-state index contributed by atoms with van der Waals surface area (Å²) in [5.41, 5.74) is -3.00. The van der Waals surface area contributed by atoms with Gasteiger partial charge in [0.25, 0.3) is 0 Å². The Morgan fingerprint density at radius 3 is 2.19 bits per heavy atom. The lowest BCUT2D eigenvalue weighted by Crippen LogP contribution is -2.43. The van der Waals surface area contributed by atoms with Crippen LogP contribution in [0.2, 0.25) is 0 Å². The molecule has 37 heavy (non-hydrogen) atoms. The summed E-state index contributed by atoms with van der Waals surface area (Å²) < 4.78 is 80.9. The Bertz CT molecular complexity index is 1480. The summed E-state index contributed by atoms with van der Waals surface area (Å²) in [7, 11) is 0. The third-order valence-corrected chi connectivity index (χ3v) is 5.65. The molecular weight excluding hydrogens is 502 g/mol. The molecule has 0 aliphatic heterocycles. The molecular formula is C25H20F6N4O2. The first-order valence-corrected chi connectivity index (χ1v) is 11.1. The molecule has 4 rings (SSSR count). The van der Waals surface area contributed by atoms with E-state index >= 15 is 0 Å². The molecule has 1 heterocycles. The molecule has 0 saturated carbocycles. The van der Waals surface area contributed by atoms with Crippen molar-refractivity contribution in [1.82, 2.24) is 14.1 Å². The topological polar surface area (TPSA) is 68.9 Å². The summed E-state index contributed by atoms with van der Waals surface area (Å²) in [5, 5.41) is 2.55. The smallest absolute Gasteiger partial charge is 0.325 e. The number of benzene rings is 2. The summed E-state index contributed by atoms with van der Waals surface area (Å²) in [5.74, 6) is -0.402. The minimum Gasteiger partial charge on any atom is -0.325 e. The number of nitrogens with one attached hydrogen (secondary N) is 1. The Hall–Kier alpha value is -4.09. The van der Waals surface area contributed by atoms with Crippen LogP contribution in [0.15, 0.2) is 81.9 Å². The van der Waals surface area contributed by atoms with Crippen molar-refractivity contribution in [2.24, 2.45) is 0 Å². The Balaban J connectivity index is 1.80. The number of hydrogen-bond donors (Lipinski definition) is 1. The minimum atomic E-state index is -4.64. The maximum Gasteiger partial charge on any atom is 0.416 e.